The summed E-state index contributed by atoms with van der Waals surface area (Å²) >= 11 is 0. The maximum absolute atomic E-state index is 13.3. The lowest BCUT2D eigenvalue weighted by Crippen LogP contribution is -2.53. The Hall–Kier alpha value is -1.30. The van der Waals surface area contributed by atoms with Crippen LogP contribution in [0.15, 0.2) is 18.2 Å². The third kappa shape index (κ3) is 3.23. The Kier molecular flexibility index (Phi) is 4.22. The minimum atomic E-state index is -4.66. The number of nitrogens with zero attached hydrogens (tertiary/aromatic N) is 1. The summed E-state index contributed by atoms with van der Waals surface area (Å²) in [5, 5.41) is 3.34. The molecule has 2 rings (SSSR count). The van der Waals surface area contributed by atoms with Gasteiger partial charge in [0.05, 0.1) is 5.56 Å². The Bertz CT molecular complexity index is 471. The van der Waals surface area contributed by atoms with Gasteiger partial charge in [-0.2, -0.15) is 13.2 Å². The van der Waals surface area contributed by atoms with Crippen molar-refractivity contribution in [1.29, 1.82) is 0 Å². The van der Waals surface area contributed by atoms with E-state index in [9.17, 15) is 17.6 Å². The zero-order chi connectivity index (χ0) is 14.9. The molecule has 1 aliphatic rings. The molecule has 1 unspecified atom stereocenters. The molecule has 0 amide bonds. The average Bonchev–Trinajstić information content (AvgIpc) is 2.38. The van der Waals surface area contributed by atoms with Crippen LogP contribution in [0.1, 0.15) is 19.4 Å². The van der Waals surface area contributed by atoms with Crippen LogP contribution in [0.2, 0.25) is 0 Å². The van der Waals surface area contributed by atoms with Gasteiger partial charge in [0, 0.05) is 31.4 Å². The van der Waals surface area contributed by atoms with Crippen molar-refractivity contribution >= 4 is 5.69 Å². The second-order valence-electron chi connectivity index (χ2n) is 5.41. The van der Waals surface area contributed by atoms with Gasteiger partial charge in [-0.3, -0.25) is 0 Å². The topological polar surface area (TPSA) is 15.3 Å². The van der Waals surface area contributed by atoms with Crippen molar-refractivity contribution < 1.29 is 17.6 Å². The molecule has 112 valence electrons. The summed E-state index contributed by atoms with van der Waals surface area (Å²) in [6, 6.07) is 3.43. The molecule has 2 nitrogen and oxygen atoms in total. The highest BCUT2D eigenvalue weighted by atomic mass is 19.4. The van der Waals surface area contributed by atoms with Crippen molar-refractivity contribution in [2.45, 2.75) is 26.1 Å². The number of alkyl halides is 3. The number of anilines is 1. The fourth-order valence-corrected chi connectivity index (χ4v) is 2.39. The average molecular weight is 290 g/mol. The second kappa shape index (κ2) is 5.60. The lowest BCUT2D eigenvalue weighted by Gasteiger charge is -2.37. The molecule has 1 atom stereocenters. The van der Waals surface area contributed by atoms with Gasteiger partial charge in [-0.25, -0.2) is 4.39 Å². The van der Waals surface area contributed by atoms with E-state index in [-0.39, 0.29) is 6.04 Å². The first-order valence-electron chi connectivity index (χ1n) is 6.64. The number of halogens is 4. The number of hydrogen-bond donors (Lipinski definition) is 1. The first-order valence-corrected chi connectivity index (χ1v) is 6.64. The largest absolute Gasteiger partial charge is 0.419 e. The molecule has 0 aromatic heterocycles. The molecule has 0 aliphatic carbocycles. The van der Waals surface area contributed by atoms with E-state index < -0.39 is 17.6 Å². The van der Waals surface area contributed by atoms with E-state index in [1.54, 1.807) is 0 Å². The van der Waals surface area contributed by atoms with Gasteiger partial charge in [0.25, 0.3) is 0 Å². The van der Waals surface area contributed by atoms with Crippen LogP contribution >= 0.6 is 0 Å². The molecule has 0 bridgehead atoms. The third-order valence-corrected chi connectivity index (χ3v) is 3.63. The summed E-state index contributed by atoms with van der Waals surface area (Å²) in [7, 11) is 0. The lowest BCUT2D eigenvalue weighted by atomic mass is 10.0. The molecule has 1 aliphatic heterocycles. The van der Waals surface area contributed by atoms with Crippen LogP contribution in [0.5, 0.6) is 0 Å². The Labute approximate surface area is 115 Å². The van der Waals surface area contributed by atoms with Crippen molar-refractivity contribution in [3.05, 3.63) is 29.6 Å². The van der Waals surface area contributed by atoms with Crippen LogP contribution in [0.3, 0.4) is 0 Å². The first-order chi connectivity index (χ1) is 9.29. The van der Waals surface area contributed by atoms with Gasteiger partial charge in [-0.1, -0.05) is 13.8 Å². The first kappa shape index (κ1) is 15.1. The quantitative estimate of drug-likeness (QED) is 0.841. The number of hydrogen-bond acceptors (Lipinski definition) is 2. The monoisotopic (exact) mass is 290 g/mol. The van der Waals surface area contributed by atoms with E-state index in [2.05, 4.69) is 19.2 Å². The summed E-state index contributed by atoms with van der Waals surface area (Å²) in [6.45, 7) is 6.08. The Morgan fingerprint density at radius 1 is 1.30 bits per heavy atom. The third-order valence-electron chi connectivity index (χ3n) is 3.63. The standard InChI is InChI=1S/C14H18F4N2/c1-9(2)13-8-20(6-5-19-13)10-3-4-12(15)11(7-10)14(16,17)18/h3-4,7,9,13,19H,5-6,8H2,1-2H3. The fraction of sp³-hybridized carbons (Fsp3) is 0.571. The molecular weight excluding hydrogens is 272 g/mol. The summed E-state index contributed by atoms with van der Waals surface area (Å²) in [4.78, 5) is 1.87. The summed E-state index contributed by atoms with van der Waals surface area (Å²) in [5.41, 5.74) is -0.777. The fourth-order valence-electron chi connectivity index (χ4n) is 2.39. The van der Waals surface area contributed by atoms with Gasteiger partial charge in [0.15, 0.2) is 0 Å². The number of rotatable bonds is 2. The molecule has 20 heavy (non-hydrogen) atoms. The minimum absolute atomic E-state index is 0.225. The second-order valence-corrected chi connectivity index (χ2v) is 5.41. The van der Waals surface area contributed by atoms with Gasteiger partial charge < -0.3 is 10.2 Å². The molecule has 1 N–H and O–H groups in total. The van der Waals surface area contributed by atoms with Crippen molar-refractivity contribution in [2.75, 3.05) is 24.5 Å². The molecule has 1 saturated heterocycles. The normalized spacial score (nSPS) is 20.6. The van der Waals surface area contributed by atoms with Crippen molar-refractivity contribution in [1.82, 2.24) is 5.32 Å². The van der Waals surface area contributed by atoms with E-state index in [1.807, 2.05) is 4.90 Å². The molecule has 1 aromatic rings. The number of piperazine rings is 1. The molecular formula is C14H18F4N2. The molecule has 6 heteroatoms. The molecule has 0 spiro atoms. The Balaban J connectivity index is 2.25. The summed E-state index contributed by atoms with van der Waals surface area (Å²) in [5.74, 6) is -0.836. The Morgan fingerprint density at radius 2 is 2.00 bits per heavy atom. The van der Waals surface area contributed by atoms with Crippen molar-refractivity contribution in [3.8, 4) is 0 Å². The van der Waals surface area contributed by atoms with Crippen molar-refractivity contribution in [3.63, 3.8) is 0 Å². The minimum Gasteiger partial charge on any atom is -0.369 e. The van der Waals surface area contributed by atoms with Gasteiger partial charge in [0.2, 0.25) is 0 Å². The van der Waals surface area contributed by atoms with Gasteiger partial charge in [0.1, 0.15) is 5.82 Å². The summed E-state index contributed by atoms with van der Waals surface area (Å²) in [6.07, 6.45) is -4.66. The van der Waals surface area contributed by atoms with E-state index >= 15 is 0 Å². The van der Waals surface area contributed by atoms with E-state index in [0.29, 0.717) is 31.2 Å². The van der Waals surface area contributed by atoms with Gasteiger partial charge in [-0.15, -0.1) is 0 Å². The highest BCUT2D eigenvalue weighted by Crippen LogP contribution is 2.34. The Morgan fingerprint density at radius 3 is 2.60 bits per heavy atom. The van der Waals surface area contributed by atoms with Crippen molar-refractivity contribution in [2.24, 2.45) is 5.92 Å². The number of benzene rings is 1. The zero-order valence-electron chi connectivity index (χ0n) is 11.5. The lowest BCUT2D eigenvalue weighted by molar-refractivity contribution is -0.139. The SMILES string of the molecule is CC(C)C1CN(c2ccc(F)c(C(F)(F)F)c2)CCN1. The highest BCUT2D eigenvalue weighted by Gasteiger charge is 2.35. The molecule has 0 radical (unpaired) electrons. The summed E-state index contributed by atoms with van der Waals surface area (Å²) < 4.78 is 51.5. The molecule has 0 saturated carbocycles. The zero-order valence-corrected chi connectivity index (χ0v) is 11.5. The molecule has 1 aromatic carbocycles. The van der Waals surface area contributed by atoms with Gasteiger partial charge >= 0.3 is 6.18 Å². The van der Waals surface area contributed by atoms with E-state index in [0.717, 1.165) is 12.1 Å². The van der Waals surface area contributed by atoms with Crippen LogP contribution in [0, 0.1) is 11.7 Å². The van der Waals surface area contributed by atoms with Crippen LogP contribution in [-0.4, -0.2) is 25.7 Å². The van der Waals surface area contributed by atoms with Crippen LogP contribution in [0.25, 0.3) is 0 Å². The highest BCUT2D eigenvalue weighted by molar-refractivity contribution is 5.50. The molecule has 1 fully saturated rings. The van der Waals surface area contributed by atoms with Gasteiger partial charge in [-0.05, 0) is 24.1 Å². The van der Waals surface area contributed by atoms with Crippen LogP contribution in [0.4, 0.5) is 23.2 Å². The van der Waals surface area contributed by atoms with Crippen LogP contribution < -0.4 is 10.2 Å². The molecule has 1 heterocycles. The predicted octanol–water partition coefficient (Wildman–Crippen LogP) is 3.28. The van der Waals surface area contributed by atoms with E-state index in [1.165, 1.54) is 6.07 Å². The smallest absolute Gasteiger partial charge is 0.369 e. The maximum Gasteiger partial charge on any atom is 0.419 e. The maximum atomic E-state index is 13.3. The van der Waals surface area contributed by atoms with E-state index in [4.69, 9.17) is 0 Å². The van der Waals surface area contributed by atoms with Crippen LogP contribution in [-0.2, 0) is 6.18 Å². The predicted molar refractivity (Wildman–Crippen MR) is 70.2 cm³/mol. The number of nitrogens with one attached hydrogen (secondary N) is 1.